The van der Waals surface area contributed by atoms with Crippen LogP contribution in [-0.4, -0.2) is 22.9 Å². The average Bonchev–Trinajstić information content (AvgIpc) is 2.48. The van der Waals surface area contributed by atoms with Crippen LogP contribution in [0.5, 0.6) is 0 Å². The van der Waals surface area contributed by atoms with E-state index < -0.39 is 30.6 Å². The van der Waals surface area contributed by atoms with Crippen molar-refractivity contribution in [2.45, 2.75) is 18.8 Å². The summed E-state index contributed by atoms with van der Waals surface area (Å²) in [5, 5.41) is 13.9. The van der Waals surface area contributed by atoms with Crippen LogP contribution in [0, 0.1) is 0 Å². The number of amides is 1. The Labute approximate surface area is 137 Å². The highest BCUT2D eigenvalue weighted by atomic mass is 19.3. The van der Waals surface area contributed by atoms with Crippen LogP contribution in [-0.2, 0) is 9.59 Å². The molecule has 0 saturated carbocycles. The van der Waals surface area contributed by atoms with Crippen molar-refractivity contribution in [2.24, 2.45) is 0 Å². The Morgan fingerprint density at radius 2 is 1.50 bits per heavy atom. The molecule has 24 heavy (non-hydrogen) atoms. The van der Waals surface area contributed by atoms with Crippen LogP contribution in [0.3, 0.4) is 0 Å². The van der Waals surface area contributed by atoms with Gasteiger partial charge in [0.25, 0.3) is 5.92 Å². The quantitative estimate of drug-likeness (QED) is 0.718. The van der Waals surface area contributed by atoms with Crippen LogP contribution < -0.4 is 10.6 Å². The van der Waals surface area contributed by atoms with Crippen LogP contribution in [0.15, 0.2) is 54.6 Å². The van der Waals surface area contributed by atoms with Gasteiger partial charge in [-0.15, -0.1) is 0 Å². The van der Waals surface area contributed by atoms with E-state index in [1.54, 1.807) is 24.3 Å². The number of carboxylic acid groups (broad SMARTS) is 1. The largest absolute Gasteiger partial charge is 0.481 e. The van der Waals surface area contributed by atoms with E-state index >= 15 is 0 Å². The number of carboxylic acids is 1. The first-order chi connectivity index (χ1) is 11.4. The van der Waals surface area contributed by atoms with Gasteiger partial charge in [0.15, 0.2) is 0 Å². The number of para-hydroxylation sites is 3. The van der Waals surface area contributed by atoms with E-state index in [1.807, 2.05) is 30.3 Å². The first kappa shape index (κ1) is 17.4. The van der Waals surface area contributed by atoms with Crippen LogP contribution in [0.25, 0.3) is 0 Å². The first-order valence-corrected chi connectivity index (χ1v) is 7.16. The van der Waals surface area contributed by atoms with Gasteiger partial charge in [0.1, 0.15) is 6.42 Å². The minimum atomic E-state index is -3.60. The number of hydrogen-bond donors (Lipinski definition) is 3. The summed E-state index contributed by atoms with van der Waals surface area (Å²) in [6.45, 7) is 0. The second kappa shape index (κ2) is 7.54. The van der Waals surface area contributed by atoms with Crippen molar-refractivity contribution in [3.63, 3.8) is 0 Å². The van der Waals surface area contributed by atoms with Crippen molar-refractivity contribution in [3.05, 3.63) is 54.6 Å². The molecule has 0 unspecified atom stereocenters. The molecule has 2 rings (SSSR count). The Morgan fingerprint density at radius 3 is 2.12 bits per heavy atom. The topological polar surface area (TPSA) is 78.4 Å². The van der Waals surface area contributed by atoms with Crippen molar-refractivity contribution in [1.29, 1.82) is 0 Å². The Balaban J connectivity index is 2.07. The lowest BCUT2D eigenvalue weighted by atomic mass is 10.1. The molecule has 0 saturated heterocycles. The van der Waals surface area contributed by atoms with Crippen LogP contribution >= 0.6 is 0 Å². The number of aliphatic carboxylic acids is 1. The van der Waals surface area contributed by atoms with Gasteiger partial charge < -0.3 is 15.7 Å². The molecule has 0 aromatic heterocycles. The fraction of sp³-hybridized carbons (Fsp3) is 0.176. The molecule has 126 valence electrons. The summed E-state index contributed by atoms with van der Waals surface area (Å²) in [5.74, 6) is -6.21. The number of nitrogens with one attached hydrogen (secondary N) is 2. The Hall–Kier alpha value is -2.96. The molecular weight excluding hydrogens is 318 g/mol. The van der Waals surface area contributed by atoms with Gasteiger partial charge in [-0.3, -0.25) is 9.59 Å². The van der Waals surface area contributed by atoms with E-state index in [2.05, 4.69) is 10.6 Å². The highest BCUT2D eigenvalue weighted by Gasteiger charge is 2.35. The zero-order valence-electron chi connectivity index (χ0n) is 12.6. The number of carbonyl (C=O) groups excluding carboxylic acids is 1. The van der Waals surface area contributed by atoms with E-state index in [0.29, 0.717) is 11.4 Å². The summed E-state index contributed by atoms with van der Waals surface area (Å²) >= 11 is 0. The highest BCUT2D eigenvalue weighted by Crippen LogP contribution is 2.27. The van der Waals surface area contributed by atoms with Crippen molar-refractivity contribution in [2.75, 3.05) is 10.6 Å². The third kappa shape index (κ3) is 5.35. The van der Waals surface area contributed by atoms with Gasteiger partial charge in [-0.2, -0.15) is 0 Å². The maximum absolute atomic E-state index is 13.4. The zero-order valence-corrected chi connectivity index (χ0v) is 12.6. The molecule has 0 aliphatic rings. The number of alkyl halides is 2. The number of hydrogen-bond acceptors (Lipinski definition) is 3. The van der Waals surface area contributed by atoms with Crippen molar-refractivity contribution < 1.29 is 23.5 Å². The van der Waals surface area contributed by atoms with Gasteiger partial charge in [0.05, 0.1) is 17.8 Å². The van der Waals surface area contributed by atoms with Gasteiger partial charge in [0.2, 0.25) is 5.91 Å². The molecule has 0 bridgehead atoms. The predicted octanol–water partition coefficient (Wildman–Crippen LogP) is 3.87. The Kier molecular flexibility index (Phi) is 5.47. The molecule has 2 aromatic rings. The normalized spacial score (nSPS) is 10.9. The molecule has 0 aliphatic heterocycles. The predicted molar refractivity (Wildman–Crippen MR) is 86.6 cm³/mol. The molecule has 0 heterocycles. The number of rotatable bonds is 7. The molecule has 1 amide bonds. The molecule has 0 spiro atoms. The lowest BCUT2D eigenvalue weighted by Gasteiger charge is -2.16. The second-order valence-corrected chi connectivity index (χ2v) is 5.19. The monoisotopic (exact) mass is 334 g/mol. The highest BCUT2D eigenvalue weighted by molar-refractivity contribution is 5.95. The summed E-state index contributed by atoms with van der Waals surface area (Å²) in [5.41, 5.74) is 1.64. The molecule has 0 fully saturated rings. The maximum Gasteiger partial charge on any atom is 0.309 e. The van der Waals surface area contributed by atoms with E-state index in [1.165, 1.54) is 0 Å². The minimum absolute atomic E-state index is 0.331. The van der Waals surface area contributed by atoms with Crippen LogP contribution in [0.1, 0.15) is 12.8 Å². The lowest BCUT2D eigenvalue weighted by Crippen LogP contribution is -2.28. The van der Waals surface area contributed by atoms with E-state index in [0.717, 1.165) is 5.69 Å². The smallest absolute Gasteiger partial charge is 0.309 e. The van der Waals surface area contributed by atoms with Gasteiger partial charge in [-0.25, -0.2) is 8.78 Å². The lowest BCUT2D eigenvalue weighted by molar-refractivity contribution is -0.146. The van der Waals surface area contributed by atoms with Crippen molar-refractivity contribution in [3.8, 4) is 0 Å². The number of carbonyl (C=O) groups is 2. The first-order valence-electron chi connectivity index (χ1n) is 7.16. The van der Waals surface area contributed by atoms with Crippen LogP contribution in [0.4, 0.5) is 25.8 Å². The Bertz CT molecular complexity index is 721. The summed E-state index contributed by atoms with van der Waals surface area (Å²) in [4.78, 5) is 22.2. The molecule has 3 N–H and O–H groups in total. The maximum atomic E-state index is 13.4. The number of benzene rings is 2. The second-order valence-electron chi connectivity index (χ2n) is 5.19. The van der Waals surface area contributed by atoms with Gasteiger partial charge >= 0.3 is 5.97 Å². The van der Waals surface area contributed by atoms with E-state index in [-0.39, 0.29) is 0 Å². The molecule has 5 nitrogen and oxygen atoms in total. The molecular formula is C17H16F2N2O3. The Morgan fingerprint density at radius 1 is 0.917 bits per heavy atom. The fourth-order valence-corrected chi connectivity index (χ4v) is 2.09. The SMILES string of the molecule is O=C(O)CC(F)(F)CC(=O)Nc1ccccc1Nc1ccccc1. The third-order valence-corrected chi connectivity index (χ3v) is 3.08. The summed E-state index contributed by atoms with van der Waals surface area (Å²) in [7, 11) is 0. The zero-order chi connectivity index (χ0) is 17.6. The molecule has 0 atom stereocenters. The molecule has 0 radical (unpaired) electrons. The summed E-state index contributed by atoms with van der Waals surface area (Å²) in [6.07, 6.45) is -2.58. The van der Waals surface area contributed by atoms with Gasteiger partial charge in [0, 0.05) is 5.69 Å². The van der Waals surface area contributed by atoms with Crippen molar-refractivity contribution >= 4 is 28.9 Å². The molecule has 2 aromatic carbocycles. The average molecular weight is 334 g/mol. The third-order valence-electron chi connectivity index (χ3n) is 3.08. The molecule has 0 aliphatic carbocycles. The summed E-state index contributed by atoms with van der Waals surface area (Å²) < 4.78 is 26.8. The number of anilines is 3. The standard InChI is InChI=1S/C17H16F2N2O3/c18-17(19,11-16(23)24)10-15(22)21-14-9-5-4-8-13(14)20-12-6-2-1-3-7-12/h1-9,20H,10-11H2,(H,21,22)(H,23,24). The fourth-order valence-electron chi connectivity index (χ4n) is 2.09. The van der Waals surface area contributed by atoms with Gasteiger partial charge in [-0.05, 0) is 24.3 Å². The van der Waals surface area contributed by atoms with Crippen LogP contribution in [0.2, 0.25) is 0 Å². The van der Waals surface area contributed by atoms with E-state index in [9.17, 15) is 18.4 Å². The van der Waals surface area contributed by atoms with E-state index in [4.69, 9.17) is 5.11 Å². The summed E-state index contributed by atoms with van der Waals surface area (Å²) in [6, 6.07) is 15.8. The molecule has 7 heteroatoms. The minimum Gasteiger partial charge on any atom is -0.481 e. The van der Waals surface area contributed by atoms with Gasteiger partial charge in [-0.1, -0.05) is 30.3 Å². The number of halogens is 2. The van der Waals surface area contributed by atoms with Crippen molar-refractivity contribution in [1.82, 2.24) is 0 Å².